The van der Waals surface area contributed by atoms with Gasteiger partial charge in [-0.3, -0.25) is 10.1 Å². The van der Waals surface area contributed by atoms with E-state index in [9.17, 15) is 14.4 Å². The van der Waals surface area contributed by atoms with Crippen LogP contribution in [0.1, 0.15) is 25.8 Å². The lowest BCUT2D eigenvalue weighted by Crippen LogP contribution is -2.39. The van der Waals surface area contributed by atoms with Crippen LogP contribution in [0.3, 0.4) is 0 Å². The smallest absolute Gasteiger partial charge is 0.331 e. The molecule has 0 aliphatic heterocycles. The number of benzene rings is 1. The van der Waals surface area contributed by atoms with Crippen molar-refractivity contribution < 1.29 is 28.6 Å². The third-order valence-corrected chi connectivity index (χ3v) is 2.97. The van der Waals surface area contributed by atoms with Gasteiger partial charge in [-0.15, -0.1) is 0 Å². The number of amides is 3. The van der Waals surface area contributed by atoms with Gasteiger partial charge in [0.1, 0.15) is 0 Å². The SMILES string of the molecule is CCCOc1ccc(/C=C/C(=O)OCC(=O)NC(=O)NC)cc1OCC. The minimum Gasteiger partial charge on any atom is -0.490 e. The number of nitrogens with one attached hydrogen (secondary N) is 2. The fourth-order valence-corrected chi connectivity index (χ4v) is 1.80. The molecule has 8 heteroatoms. The lowest BCUT2D eigenvalue weighted by atomic mass is 10.2. The van der Waals surface area contributed by atoms with Crippen LogP contribution in [0.5, 0.6) is 11.5 Å². The first kappa shape index (κ1) is 21.0. The maximum atomic E-state index is 11.6. The molecule has 1 aromatic carbocycles. The molecule has 26 heavy (non-hydrogen) atoms. The van der Waals surface area contributed by atoms with E-state index in [2.05, 4.69) is 5.32 Å². The molecule has 0 radical (unpaired) electrons. The van der Waals surface area contributed by atoms with E-state index in [1.165, 1.54) is 19.2 Å². The summed E-state index contributed by atoms with van der Waals surface area (Å²) in [6.45, 7) is 4.40. The molecule has 2 N–H and O–H groups in total. The van der Waals surface area contributed by atoms with Crippen LogP contribution in [0.2, 0.25) is 0 Å². The summed E-state index contributed by atoms with van der Waals surface area (Å²) in [5.41, 5.74) is 0.712. The molecule has 0 saturated carbocycles. The van der Waals surface area contributed by atoms with Crippen LogP contribution < -0.4 is 20.1 Å². The molecule has 1 rings (SSSR count). The van der Waals surface area contributed by atoms with Crippen LogP contribution >= 0.6 is 0 Å². The molecule has 3 amide bonds. The molecular weight excluding hydrogens is 340 g/mol. The number of ether oxygens (including phenoxy) is 3. The Hall–Kier alpha value is -3.03. The molecule has 0 spiro atoms. The maximum absolute atomic E-state index is 11.6. The summed E-state index contributed by atoms with van der Waals surface area (Å²) in [5, 5.41) is 4.20. The fraction of sp³-hybridized carbons (Fsp3) is 0.389. The van der Waals surface area contributed by atoms with E-state index in [-0.39, 0.29) is 0 Å². The molecule has 8 nitrogen and oxygen atoms in total. The Morgan fingerprint density at radius 2 is 1.88 bits per heavy atom. The second kappa shape index (κ2) is 11.5. The molecule has 0 saturated heterocycles. The van der Waals surface area contributed by atoms with Crippen molar-refractivity contribution in [1.82, 2.24) is 10.6 Å². The summed E-state index contributed by atoms with van der Waals surface area (Å²) >= 11 is 0. The fourth-order valence-electron chi connectivity index (χ4n) is 1.80. The predicted molar refractivity (Wildman–Crippen MR) is 96.0 cm³/mol. The summed E-state index contributed by atoms with van der Waals surface area (Å²) in [6.07, 6.45) is 3.60. The van der Waals surface area contributed by atoms with Crippen LogP contribution in [-0.2, 0) is 14.3 Å². The number of rotatable bonds is 9. The number of esters is 1. The van der Waals surface area contributed by atoms with E-state index < -0.39 is 24.5 Å². The maximum Gasteiger partial charge on any atom is 0.331 e. The summed E-state index contributed by atoms with van der Waals surface area (Å²) in [4.78, 5) is 33.9. The van der Waals surface area contributed by atoms with Crippen molar-refractivity contribution in [3.05, 3.63) is 29.8 Å². The van der Waals surface area contributed by atoms with Crippen molar-refractivity contribution >= 4 is 24.0 Å². The normalized spacial score (nSPS) is 10.3. The van der Waals surface area contributed by atoms with Gasteiger partial charge in [0.05, 0.1) is 13.2 Å². The molecule has 0 fully saturated rings. The van der Waals surface area contributed by atoms with Crippen molar-refractivity contribution in [2.45, 2.75) is 20.3 Å². The van der Waals surface area contributed by atoms with Crippen molar-refractivity contribution in [2.75, 3.05) is 26.9 Å². The zero-order chi connectivity index (χ0) is 19.4. The van der Waals surface area contributed by atoms with Gasteiger partial charge < -0.3 is 19.5 Å². The van der Waals surface area contributed by atoms with E-state index in [4.69, 9.17) is 14.2 Å². The van der Waals surface area contributed by atoms with Gasteiger partial charge in [-0.25, -0.2) is 9.59 Å². The Balaban J connectivity index is 2.63. The Labute approximate surface area is 152 Å². The van der Waals surface area contributed by atoms with Crippen molar-refractivity contribution in [1.29, 1.82) is 0 Å². The minimum absolute atomic E-state index is 0.484. The highest BCUT2D eigenvalue weighted by Crippen LogP contribution is 2.29. The molecule has 0 atom stereocenters. The number of hydrogen-bond acceptors (Lipinski definition) is 6. The molecule has 0 aliphatic carbocycles. The molecule has 0 heterocycles. The first-order chi connectivity index (χ1) is 12.5. The monoisotopic (exact) mass is 364 g/mol. The van der Waals surface area contributed by atoms with Gasteiger partial charge in [-0.05, 0) is 37.1 Å². The molecule has 142 valence electrons. The Kier molecular flexibility index (Phi) is 9.30. The highest BCUT2D eigenvalue weighted by molar-refractivity contribution is 5.96. The Morgan fingerprint density at radius 1 is 1.12 bits per heavy atom. The molecule has 1 aromatic rings. The number of urea groups is 1. The lowest BCUT2D eigenvalue weighted by Gasteiger charge is -2.12. The first-order valence-electron chi connectivity index (χ1n) is 8.26. The Bertz CT molecular complexity index is 657. The largest absolute Gasteiger partial charge is 0.490 e. The number of hydrogen-bond donors (Lipinski definition) is 2. The van der Waals surface area contributed by atoms with Crippen molar-refractivity contribution in [2.24, 2.45) is 0 Å². The highest BCUT2D eigenvalue weighted by atomic mass is 16.5. The van der Waals surface area contributed by atoms with Crippen molar-refractivity contribution in [3.63, 3.8) is 0 Å². The average molecular weight is 364 g/mol. The summed E-state index contributed by atoms with van der Waals surface area (Å²) in [7, 11) is 1.37. The zero-order valence-corrected chi connectivity index (χ0v) is 15.2. The van der Waals surface area contributed by atoms with Gasteiger partial charge in [0, 0.05) is 13.1 Å². The standard InChI is InChI=1S/C18H24N2O6/c1-4-10-25-14-8-6-13(11-15(14)24-5-2)7-9-17(22)26-12-16(21)20-18(23)19-3/h6-9,11H,4-5,10,12H2,1-3H3,(H2,19,20,21,23)/b9-7+. The van der Waals surface area contributed by atoms with Crippen LogP contribution in [-0.4, -0.2) is 44.8 Å². The van der Waals surface area contributed by atoms with Gasteiger partial charge in [0.25, 0.3) is 5.91 Å². The van der Waals surface area contributed by atoms with Crippen LogP contribution in [0, 0.1) is 0 Å². The summed E-state index contributed by atoms with van der Waals surface area (Å²) < 4.78 is 15.9. The molecule has 0 aromatic heterocycles. The first-order valence-corrected chi connectivity index (χ1v) is 8.26. The summed E-state index contributed by atoms with van der Waals surface area (Å²) in [5.74, 6) is -0.204. The van der Waals surface area contributed by atoms with Gasteiger partial charge >= 0.3 is 12.0 Å². The van der Waals surface area contributed by atoms with E-state index in [1.54, 1.807) is 18.2 Å². The van der Waals surface area contributed by atoms with Gasteiger partial charge in [0.15, 0.2) is 18.1 Å². The van der Waals surface area contributed by atoms with E-state index in [0.29, 0.717) is 30.3 Å². The number of imide groups is 1. The predicted octanol–water partition coefficient (Wildman–Crippen LogP) is 1.89. The quantitative estimate of drug-likeness (QED) is 0.512. The van der Waals surface area contributed by atoms with Gasteiger partial charge in [-0.2, -0.15) is 0 Å². The minimum atomic E-state index is -0.720. The Morgan fingerprint density at radius 3 is 2.54 bits per heavy atom. The van der Waals surface area contributed by atoms with Gasteiger partial charge in [0.2, 0.25) is 0 Å². The van der Waals surface area contributed by atoms with Crippen LogP contribution in [0.15, 0.2) is 24.3 Å². The van der Waals surface area contributed by atoms with E-state index in [1.807, 2.05) is 19.2 Å². The molecule has 0 unspecified atom stereocenters. The molecule has 0 bridgehead atoms. The summed E-state index contributed by atoms with van der Waals surface area (Å²) in [6, 6.07) is 4.62. The van der Waals surface area contributed by atoms with E-state index in [0.717, 1.165) is 6.42 Å². The molecular formula is C18H24N2O6. The zero-order valence-electron chi connectivity index (χ0n) is 15.2. The van der Waals surface area contributed by atoms with Gasteiger partial charge in [-0.1, -0.05) is 13.0 Å². The lowest BCUT2D eigenvalue weighted by molar-refractivity contribution is -0.143. The average Bonchev–Trinajstić information content (AvgIpc) is 2.64. The third-order valence-electron chi connectivity index (χ3n) is 2.97. The van der Waals surface area contributed by atoms with E-state index >= 15 is 0 Å². The second-order valence-electron chi connectivity index (χ2n) is 5.06. The van der Waals surface area contributed by atoms with Crippen molar-refractivity contribution in [3.8, 4) is 11.5 Å². The highest BCUT2D eigenvalue weighted by Gasteiger charge is 2.09. The number of carbonyl (C=O) groups excluding carboxylic acids is 3. The van der Waals surface area contributed by atoms with Crippen LogP contribution in [0.25, 0.3) is 6.08 Å². The second-order valence-corrected chi connectivity index (χ2v) is 5.06. The van der Waals surface area contributed by atoms with Crippen LogP contribution in [0.4, 0.5) is 4.79 Å². The third kappa shape index (κ3) is 7.69. The molecule has 0 aliphatic rings. The topological polar surface area (TPSA) is 103 Å². The number of carbonyl (C=O) groups is 3.